The molecule has 3 amide bonds. The predicted octanol–water partition coefficient (Wildman–Crippen LogP) is 5.78. The SMILES string of the molecule is COc1cc(C=C2SC(=O)N(CC(=O)N3CCCCCC3)C2=O)cc(Br)c1OCc1ccc(C)cc1. The molecular formula is C27H29BrN2O5S. The zero-order valence-corrected chi connectivity index (χ0v) is 22.8. The summed E-state index contributed by atoms with van der Waals surface area (Å²) in [5, 5.41) is -0.432. The number of rotatable bonds is 7. The van der Waals surface area contributed by atoms with Gasteiger partial charge < -0.3 is 14.4 Å². The van der Waals surface area contributed by atoms with E-state index in [0.29, 0.717) is 41.2 Å². The molecule has 0 aromatic heterocycles. The van der Waals surface area contributed by atoms with E-state index in [1.807, 2.05) is 37.3 Å². The Kier molecular flexibility index (Phi) is 8.74. The number of ether oxygens (including phenoxy) is 2. The van der Waals surface area contributed by atoms with Crippen molar-refractivity contribution in [2.45, 2.75) is 39.2 Å². The van der Waals surface area contributed by atoms with Crippen molar-refractivity contribution in [2.24, 2.45) is 0 Å². The monoisotopic (exact) mass is 572 g/mol. The second-order valence-electron chi connectivity index (χ2n) is 8.87. The van der Waals surface area contributed by atoms with Crippen molar-refractivity contribution in [2.75, 3.05) is 26.7 Å². The van der Waals surface area contributed by atoms with Crippen LogP contribution in [0.1, 0.15) is 42.4 Å². The average Bonchev–Trinajstić information content (AvgIpc) is 3.05. The Balaban J connectivity index is 1.47. The van der Waals surface area contributed by atoms with Gasteiger partial charge in [-0.3, -0.25) is 19.3 Å². The van der Waals surface area contributed by atoms with E-state index in [1.54, 1.807) is 24.2 Å². The topological polar surface area (TPSA) is 76.2 Å². The predicted molar refractivity (Wildman–Crippen MR) is 144 cm³/mol. The van der Waals surface area contributed by atoms with Crippen LogP contribution in [0.4, 0.5) is 4.79 Å². The third-order valence-electron chi connectivity index (χ3n) is 6.18. The van der Waals surface area contributed by atoms with Crippen LogP contribution in [0.3, 0.4) is 0 Å². The molecule has 2 aromatic carbocycles. The van der Waals surface area contributed by atoms with E-state index >= 15 is 0 Å². The van der Waals surface area contributed by atoms with Gasteiger partial charge in [0.05, 0.1) is 16.5 Å². The Labute approximate surface area is 223 Å². The molecular weight excluding hydrogens is 544 g/mol. The molecule has 2 aromatic rings. The molecule has 0 aliphatic carbocycles. The highest BCUT2D eigenvalue weighted by atomic mass is 79.9. The Bertz CT molecular complexity index is 1170. The second-order valence-corrected chi connectivity index (χ2v) is 10.7. The Morgan fingerprint density at radius 2 is 1.78 bits per heavy atom. The molecule has 0 radical (unpaired) electrons. The number of aryl methyl sites for hydroxylation is 1. The minimum atomic E-state index is -0.456. The van der Waals surface area contributed by atoms with Crippen molar-refractivity contribution in [3.8, 4) is 11.5 Å². The van der Waals surface area contributed by atoms with Crippen LogP contribution in [0, 0.1) is 6.92 Å². The fourth-order valence-electron chi connectivity index (χ4n) is 4.15. The van der Waals surface area contributed by atoms with Crippen LogP contribution in [0.15, 0.2) is 45.8 Å². The van der Waals surface area contributed by atoms with Crippen LogP contribution in [0.2, 0.25) is 0 Å². The summed E-state index contributed by atoms with van der Waals surface area (Å²) in [6, 6.07) is 11.6. The molecule has 0 atom stereocenters. The maximum Gasteiger partial charge on any atom is 0.294 e. The quantitative estimate of drug-likeness (QED) is 0.391. The maximum absolute atomic E-state index is 13.0. The second kappa shape index (κ2) is 12.0. The first-order valence-electron chi connectivity index (χ1n) is 11.9. The molecule has 2 fully saturated rings. The molecule has 190 valence electrons. The first-order chi connectivity index (χ1) is 17.4. The van der Waals surface area contributed by atoms with Crippen LogP contribution in [-0.2, 0) is 16.2 Å². The number of nitrogens with zero attached hydrogens (tertiary/aromatic N) is 2. The molecule has 36 heavy (non-hydrogen) atoms. The van der Waals surface area contributed by atoms with Gasteiger partial charge in [-0.15, -0.1) is 0 Å². The van der Waals surface area contributed by atoms with Crippen molar-refractivity contribution < 1.29 is 23.9 Å². The van der Waals surface area contributed by atoms with E-state index in [0.717, 1.165) is 47.9 Å². The van der Waals surface area contributed by atoms with E-state index in [-0.39, 0.29) is 17.4 Å². The summed E-state index contributed by atoms with van der Waals surface area (Å²) in [4.78, 5) is 41.3. The summed E-state index contributed by atoms with van der Waals surface area (Å²) < 4.78 is 12.2. The zero-order chi connectivity index (χ0) is 25.7. The number of benzene rings is 2. The van der Waals surface area contributed by atoms with E-state index in [1.165, 1.54) is 5.56 Å². The van der Waals surface area contributed by atoms with Crippen LogP contribution in [0.5, 0.6) is 11.5 Å². The molecule has 9 heteroatoms. The van der Waals surface area contributed by atoms with E-state index < -0.39 is 11.1 Å². The van der Waals surface area contributed by atoms with Crippen molar-refractivity contribution >= 4 is 50.8 Å². The number of thioether (sulfide) groups is 1. The molecule has 2 aliphatic heterocycles. The molecule has 2 aliphatic rings. The highest BCUT2D eigenvalue weighted by Crippen LogP contribution is 2.39. The number of halogens is 1. The normalized spacial score (nSPS) is 17.5. The molecule has 4 rings (SSSR count). The molecule has 2 heterocycles. The molecule has 0 unspecified atom stereocenters. The number of methoxy groups -OCH3 is 1. The summed E-state index contributed by atoms with van der Waals surface area (Å²) in [5.74, 6) is 0.410. The van der Waals surface area contributed by atoms with E-state index in [9.17, 15) is 14.4 Å². The highest BCUT2D eigenvalue weighted by Gasteiger charge is 2.37. The van der Waals surface area contributed by atoms with Gasteiger partial charge in [-0.2, -0.15) is 0 Å². The van der Waals surface area contributed by atoms with Gasteiger partial charge in [0.25, 0.3) is 11.1 Å². The van der Waals surface area contributed by atoms with Gasteiger partial charge in [-0.05, 0) is 76.8 Å². The van der Waals surface area contributed by atoms with E-state index in [2.05, 4.69) is 15.9 Å². The molecule has 2 saturated heterocycles. The third-order valence-corrected chi connectivity index (χ3v) is 7.68. The average molecular weight is 574 g/mol. The van der Waals surface area contributed by atoms with Crippen molar-refractivity contribution in [1.82, 2.24) is 9.80 Å². The van der Waals surface area contributed by atoms with Gasteiger partial charge in [0.2, 0.25) is 5.91 Å². The number of hydrogen-bond donors (Lipinski definition) is 0. The van der Waals surface area contributed by atoms with Gasteiger partial charge in [-0.1, -0.05) is 42.7 Å². The van der Waals surface area contributed by atoms with Crippen LogP contribution in [0.25, 0.3) is 6.08 Å². The van der Waals surface area contributed by atoms with Crippen molar-refractivity contribution in [3.05, 3.63) is 62.5 Å². The molecule has 0 bridgehead atoms. The van der Waals surface area contributed by atoms with E-state index in [4.69, 9.17) is 9.47 Å². The van der Waals surface area contributed by atoms with Gasteiger partial charge in [0.15, 0.2) is 11.5 Å². The molecule has 0 saturated carbocycles. The standard InChI is InChI=1S/C27H29BrN2O5S/c1-18-7-9-19(10-8-18)17-35-25-21(28)13-20(14-22(25)34-2)15-23-26(32)30(27(33)36-23)16-24(31)29-11-5-3-4-6-12-29/h7-10,13-15H,3-6,11-12,16-17H2,1-2H3. The number of carbonyl (C=O) groups excluding carboxylic acids is 3. The minimum absolute atomic E-state index is 0.181. The van der Waals surface area contributed by atoms with Gasteiger partial charge in [-0.25, -0.2) is 0 Å². The fourth-order valence-corrected chi connectivity index (χ4v) is 5.56. The smallest absolute Gasteiger partial charge is 0.294 e. The summed E-state index contributed by atoms with van der Waals surface area (Å²) >= 11 is 4.38. The summed E-state index contributed by atoms with van der Waals surface area (Å²) in [6.45, 7) is 3.54. The Hall–Kier alpha value is -2.78. The molecule has 7 nitrogen and oxygen atoms in total. The number of likely N-dealkylation sites (tertiary alicyclic amines) is 1. The van der Waals surface area contributed by atoms with Crippen molar-refractivity contribution in [3.63, 3.8) is 0 Å². The fraction of sp³-hybridized carbons (Fsp3) is 0.370. The lowest BCUT2D eigenvalue weighted by molar-refractivity contribution is -0.135. The first kappa shape index (κ1) is 26.3. The number of carbonyl (C=O) groups is 3. The van der Waals surface area contributed by atoms with Crippen LogP contribution < -0.4 is 9.47 Å². The largest absolute Gasteiger partial charge is 0.493 e. The lowest BCUT2D eigenvalue weighted by Gasteiger charge is -2.22. The third kappa shape index (κ3) is 6.31. The maximum atomic E-state index is 13.0. The summed E-state index contributed by atoms with van der Waals surface area (Å²) in [7, 11) is 1.55. The Morgan fingerprint density at radius 1 is 1.08 bits per heavy atom. The Morgan fingerprint density at radius 3 is 2.44 bits per heavy atom. The highest BCUT2D eigenvalue weighted by molar-refractivity contribution is 9.10. The first-order valence-corrected chi connectivity index (χ1v) is 13.6. The molecule has 0 N–H and O–H groups in total. The summed E-state index contributed by atoms with van der Waals surface area (Å²) in [6.07, 6.45) is 5.74. The number of amides is 3. The zero-order valence-electron chi connectivity index (χ0n) is 20.4. The van der Waals surface area contributed by atoms with Crippen molar-refractivity contribution in [1.29, 1.82) is 0 Å². The van der Waals surface area contributed by atoms with Gasteiger partial charge >= 0.3 is 0 Å². The van der Waals surface area contributed by atoms with Crippen LogP contribution in [-0.4, -0.2) is 53.6 Å². The number of hydrogen-bond acceptors (Lipinski definition) is 6. The number of imide groups is 1. The lowest BCUT2D eigenvalue weighted by atomic mass is 10.1. The van der Waals surface area contributed by atoms with Gasteiger partial charge in [0.1, 0.15) is 13.2 Å². The summed E-state index contributed by atoms with van der Waals surface area (Å²) in [5.41, 5.74) is 2.88. The molecule has 0 spiro atoms. The minimum Gasteiger partial charge on any atom is -0.493 e. The van der Waals surface area contributed by atoms with Gasteiger partial charge in [0, 0.05) is 13.1 Å². The lowest BCUT2D eigenvalue weighted by Crippen LogP contribution is -2.42. The van der Waals surface area contributed by atoms with Crippen LogP contribution >= 0.6 is 27.7 Å².